The maximum atomic E-state index is 13.3. The lowest BCUT2D eigenvalue weighted by molar-refractivity contribution is -0.220. The number of unbranched alkanes of at least 4 members (excludes halogenated alkanes) is 10. The highest BCUT2D eigenvalue weighted by Gasteiger charge is 2.42. The summed E-state index contributed by atoms with van der Waals surface area (Å²) >= 11 is 0. The first-order valence-corrected chi connectivity index (χ1v) is 16.6. The predicted octanol–water partition coefficient (Wildman–Crippen LogP) is 11.0. The zero-order valence-corrected chi connectivity index (χ0v) is 27.1. The van der Waals surface area contributed by atoms with E-state index in [1.54, 1.807) is 36.4 Å². The van der Waals surface area contributed by atoms with Gasteiger partial charge < -0.3 is 14.2 Å². The lowest BCUT2D eigenvalue weighted by atomic mass is 10.1. The van der Waals surface area contributed by atoms with E-state index in [0.717, 1.165) is 41.9 Å². The van der Waals surface area contributed by atoms with Gasteiger partial charge in [0.05, 0.1) is 12.2 Å². The van der Waals surface area contributed by atoms with Crippen molar-refractivity contribution < 1.29 is 37.0 Å². The topological polar surface area (TPSA) is 61.8 Å². The molecule has 3 rings (SSSR count). The Morgan fingerprint density at radius 2 is 1.30 bits per heavy atom. The number of hydrogen-bond acceptors (Lipinski definition) is 5. The molecule has 0 aliphatic rings. The fraction of sp³-hybridized carbons (Fsp3) is 0.474. The van der Waals surface area contributed by atoms with Crippen LogP contribution >= 0.6 is 0 Å². The molecule has 5 nitrogen and oxygen atoms in total. The third-order valence-corrected chi connectivity index (χ3v) is 7.76. The quantitative estimate of drug-likeness (QED) is 0.0532. The Morgan fingerprint density at radius 1 is 0.717 bits per heavy atom. The van der Waals surface area contributed by atoms with Gasteiger partial charge in [0, 0.05) is 6.08 Å². The summed E-state index contributed by atoms with van der Waals surface area (Å²) in [4.78, 5) is 24.9. The molecule has 1 atom stereocenters. The lowest BCUT2D eigenvalue weighted by Gasteiger charge is -2.19. The van der Waals surface area contributed by atoms with Gasteiger partial charge in [-0.15, -0.1) is 0 Å². The molecule has 0 heterocycles. The molecular weight excluding hydrogens is 593 g/mol. The van der Waals surface area contributed by atoms with Gasteiger partial charge in [-0.25, -0.2) is 9.59 Å². The van der Waals surface area contributed by atoms with Gasteiger partial charge in [0.15, 0.2) is 6.10 Å². The Morgan fingerprint density at radius 3 is 1.98 bits per heavy atom. The summed E-state index contributed by atoms with van der Waals surface area (Å²) in [5.41, 5.74) is 0.926. The van der Waals surface area contributed by atoms with Gasteiger partial charge in [0.2, 0.25) is 0 Å². The van der Waals surface area contributed by atoms with Gasteiger partial charge in [-0.1, -0.05) is 102 Å². The smallest absolute Gasteiger partial charge is 0.425 e. The number of benzene rings is 3. The molecule has 3 aromatic rings. The second-order valence-corrected chi connectivity index (χ2v) is 11.7. The maximum absolute atomic E-state index is 13.3. The first-order chi connectivity index (χ1) is 22.2. The summed E-state index contributed by atoms with van der Waals surface area (Å²) < 4.78 is 56.0. The Hall–Kier alpha value is -3.81. The summed E-state index contributed by atoms with van der Waals surface area (Å²) in [5, 5.41) is 1.84. The minimum atomic E-state index is -4.62. The molecule has 0 aliphatic carbocycles. The summed E-state index contributed by atoms with van der Waals surface area (Å²) in [6, 6.07) is 17.4. The summed E-state index contributed by atoms with van der Waals surface area (Å²) in [5.74, 6) is -0.498. The Kier molecular flexibility index (Phi) is 15.7. The zero-order chi connectivity index (χ0) is 33.2. The van der Waals surface area contributed by atoms with Gasteiger partial charge in [0.25, 0.3) is 0 Å². The number of carbonyl (C=O) groups excluding carboxylic acids is 2. The molecule has 46 heavy (non-hydrogen) atoms. The average Bonchev–Trinajstić information content (AvgIpc) is 3.04. The van der Waals surface area contributed by atoms with E-state index >= 15 is 0 Å². The van der Waals surface area contributed by atoms with Crippen molar-refractivity contribution in [3.05, 3.63) is 77.9 Å². The Labute approximate surface area is 271 Å². The lowest BCUT2D eigenvalue weighted by Crippen LogP contribution is -2.33. The van der Waals surface area contributed by atoms with Crippen molar-refractivity contribution in [2.75, 3.05) is 6.61 Å². The van der Waals surface area contributed by atoms with Crippen molar-refractivity contribution >= 4 is 28.8 Å². The van der Waals surface area contributed by atoms with E-state index in [-0.39, 0.29) is 6.42 Å². The fourth-order valence-corrected chi connectivity index (χ4v) is 5.07. The third-order valence-electron chi connectivity index (χ3n) is 7.76. The van der Waals surface area contributed by atoms with Gasteiger partial charge in [-0.2, -0.15) is 13.2 Å². The second kappa shape index (κ2) is 19.6. The van der Waals surface area contributed by atoms with Gasteiger partial charge in [-0.3, -0.25) is 0 Å². The van der Waals surface area contributed by atoms with Crippen LogP contribution in [0.25, 0.3) is 16.8 Å². The number of ether oxygens (including phenoxy) is 3. The van der Waals surface area contributed by atoms with E-state index in [0.29, 0.717) is 36.3 Å². The highest BCUT2D eigenvalue weighted by atomic mass is 19.4. The zero-order valence-electron chi connectivity index (χ0n) is 27.1. The van der Waals surface area contributed by atoms with Crippen molar-refractivity contribution in [2.24, 2.45) is 0 Å². The first-order valence-electron chi connectivity index (χ1n) is 16.6. The summed E-state index contributed by atoms with van der Waals surface area (Å²) in [6.07, 6.45) is 8.03. The molecule has 0 spiro atoms. The van der Waals surface area contributed by atoms with E-state index in [4.69, 9.17) is 14.2 Å². The van der Waals surface area contributed by atoms with Crippen LogP contribution in [-0.4, -0.2) is 30.8 Å². The molecule has 0 saturated carbocycles. The number of hydrogen-bond donors (Lipinski definition) is 0. The summed E-state index contributed by atoms with van der Waals surface area (Å²) in [7, 11) is 0. The van der Waals surface area contributed by atoms with Crippen molar-refractivity contribution in [1.82, 2.24) is 0 Å². The van der Waals surface area contributed by atoms with Crippen LogP contribution < -0.4 is 9.47 Å². The minimum absolute atomic E-state index is 0.255. The van der Waals surface area contributed by atoms with Crippen molar-refractivity contribution in [2.45, 2.75) is 110 Å². The second-order valence-electron chi connectivity index (χ2n) is 11.7. The van der Waals surface area contributed by atoms with E-state index < -0.39 is 24.2 Å². The van der Waals surface area contributed by atoms with Crippen LogP contribution in [-0.2, 0) is 9.53 Å². The number of rotatable bonds is 20. The number of alkyl halides is 3. The number of fused-ring (bicyclic) bond motifs is 1. The first kappa shape index (κ1) is 36.7. The fourth-order valence-electron chi connectivity index (χ4n) is 5.07. The SMILES string of the molecule is CCCCCCCCCCOc1ccc2cc(C(=O)Oc3ccc(C=CC(=O)OC(CCCCCC)C(F)(F)F)cc3)ccc2c1. The molecule has 250 valence electrons. The number of esters is 2. The van der Waals surface area contributed by atoms with Crippen LogP contribution in [0.15, 0.2) is 66.7 Å². The van der Waals surface area contributed by atoms with Crippen LogP contribution in [0.1, 0.15) is 113 Å². The molecule has 0 fully saturated rings. The summed E-state index contributed by atoms with van der Waals surface area (Å²) in [6.45, 7) is 4.88. The van der Waals surface area contributed by atoms with E-state index in [2.05, 4.69) is 6.92 Å². The predicted molar refractivity (Wildman–Crippen MR) is 177 cm³/mol. The Bertz CT molecular complexity index is 1380. The number of carbonyl (C=O) groups is 2. The van der Waals surface area contributed by atoms with Crippen LogP contribution in [0.2, 0.25) is 0 Å². The average molecular weight is 641 g/mol. The largest absolute Gasteiger partial charge is 0.494 e. The van der Waals surface area contributed by atoms with Crippen molar-refractivity contribution in [3.8, 4) is 11.5 Å². The van der Waals surface area contributed by atoms with Gasteiger partial charge in [-0.05, 0) is 78.1 Å². The molecule has 3 aromatic carbocycles. The van der Waals surface area contributed by atoms with E-state index in [1.165, 1.54) is 51.0 Å². The highest BCUT2D eigenvalue weighted by Crippen LogP contribution is 2.28. The molecular formula is C38H47F3O5. The maximum Gasteiger partial charge on any atom is 0.425 e. The highest BCUT2D eigenvalue weighted by molar-refractivity contribution is 5.96. The molecule has 8 heteroatoms. The molecule has 0 saturated heterocycles. The number of halogens is 3. The van der Waals surface area contributed by atoms with Crippen molar-refractivity contribution in [3.63, 3.8) is 0 Å². The standard InChI is InChI=1S/C38H47F3O5/c1-3-5-7-9-10-11-12-14-26-44-34-24-21-30-27-32(20-19-31(30)28-34)37(43)45-33-22-16-29(17-23-33)18-25-36(42)46-35(38(39,40)41)15-13-8-6-4-2/h16-25,27-28,35H,3-15,26H2,1-2H3. The van der Waals surface area contributed by atoms with E-state index in [9.17, 15) is 22.8 Å². The molecule has 0 N–H and O–H groups in total. The van der Waals surface area contributed by atoms with Crippen LogP contribution in [0.3, 0.4) is 0 Å². The van der Waals surface area contributed by atoms with Gasteiger partial charge in [0.1, 0.15) is 11.5 Å². The third kappa shape index (κ3) is 13.3. The van der Waals surface area contributed by atoms with Crippen LogP contribution in [0.5, 0.6) is 11.5 Å². The van der Waals surface area contributed by atoms with Crippen LogP contribution in [0, 0.1) is 0 Å². The molecule has 1 unspecified atom stereocenters. The minimum Gasteiger partial charge on any atom is -0.494 e. The van der Waals surface area contributed by atoms with Crippen molar-refractivity contribution in [1.29, 1.82) is 0 Å². The molecule has 0 bridgehead atoms. The van der Waals surface area contributed by atoms with E-state index in [1.807, 2.05) is 31.2 Å². The molecule has 0 aliphatic heterocycles. The molecule has 0 aromatic heterocycles. The molecule has 0 amide bonds. The van der Waals surface area contributed by atoms with Gasteiger partial charge >= 0.3 is 18.1 Å². The normalized spacial score (nSPS) is 12.4. The Balaban J connectivity index is 1.46. The monoisotopic (exact) mass is 640 g/mol. The van der Waals surface area contributed by atoms with Crippen LogP contribution in [0.4, 0.5) is 13.2 Å². The molecule has 0 radical (unpaired) electrons.